The molecule has 1 aliphatic heterocycles. The van der Waals surface area contributed by atoms with Gasteiger partial charge >= 0.3 is 0 Å². The minimum Gasteiger partial charge on any atom is -0.342 e. The van der Waals surface area contributed by atoms with Gasteiger partial charge in [-0.1, -0.05) is 0 Å². The number of hydrogen-bond donors (Lipinski definition) is 4. The molecule has 0 aromatic carbocycles. The van der Waals surface area contributed by atoms with Gasteiger partial charge in [-0.15, -0.1) is 0 Å². The molecule has 1 atom stereocenters. The minimum absolute atomic E-state index is 0.572. The van der Waals surface area contributed by atoms with Crippen molar-refractivity contribution in [3.63, 3.8) is 0 Å². The molecule has 1 saturated heterocycles. The summed E-state index contributed by atoms with van der Waals surface area (Å²) in [5.74, 6) is -2.53. The van der Waals surface area contributed by atoms with Crippen LogP contribution in [-0.2, 0) is 0 Å². The van der Waals surface area contributed by atoms with Gasteiger partial charge in [-0.05, 0) is 19.4 Å². The summed E-state index contributed by atoms with van der Waals surface area (Å²) < 4.78 is 0. The normalized spacial score (nSPS) is 29.0. The first kappa shape index (κ1) is 6.95. The van der Waals surface area contributed by atoms with Crippen molar-refractivity contribution >= 4 is 0 Å². The van der Waals surface area contributed by atoms with E-state index in [2.05, 4.69) is 5.32 Å². The van der Waals surface area contributed by atoms with Crippen LogP contribution in [0.5, 0.6) is 0 Å². The van der Waals surface area contributed by atoms with E-state index in [1.807, 2.05) is 0 Å². The highest BCUT2D eigenvalue weighted by Crippen LogP contribution is 2.13. The second-order valence-electron chi connectivity index (χ2n) is 2.34. The molecule has 0 aromatic heterocycles. The van der Waals surface area contributed by atoms with Gasteiger partial charge < -0.3 is 20.6 Å². The summed E-state index contributed by atoms with van der Waals surface area (Å²) in [6.07, 6.45) is 1.50. The van der Waals surface area contributed by atoms with Crippen LogP contribution >= 0.6 is 0 Å². The van der Waals surface area contributed by atoms with Crippen molar-refractivity contribution in [2.75, 3.05) is 6.54 Å². The fourth-order valence-corrected chi connectivity index (χ4v) is 1.02. The summed E-state index contributed by atoms with van der Waals surface area (Å²) in [6, 6.07) is -0.572. The maximum Gasteiger partial charge on any atom is 0.291 e. The Kier molecular flexibility index (Phi) is 1.72. The highest BCUT2D eigenvalue weighted by atomic mass is 16.7. The van der Waals surface area contributed by atoms with Gasteiger partial charge in [-0.2, -0.15) is 0 Å². The Bertz CT molecular complexity index is 92.9. The largest absolute Gasteiger partial charge is 0.342 e. The molecule has 0 spiro atoms. The molecule has 4 nitrogen and oxygen atoms in total. The molecule has 54 valence electrons. The lowest BCUT2D eigenvalue weighted by atomic mass is 10.2. The molecule has 4 heteroatoms. The molecule has 9 heavy (non-hydrogen) atoms. The Labute approximate surface area is 53.1 Å². The van der Waals surface area contributed by atoms with E-state index in [1.165, 1.54) is 0 Å². The molecular formula is C5H11NO3. The molecule has 4 N–H and O–H groups in total. The predicted octanol–water partition coefficient (Wildman–Crippen LogP) is -1.63. The average Bonchev–Trinajstić information content (AvgIpc) is 2.08. The van der Waals surface area contributed by atoms with Crippen molar-refractivity contribution in [3.8, 4) is 0 Å². The van der Waals surface area contributed by atoms with E-state index in [1.54, 1.807) is 0 Å². The van der Waals surface area contributed by atoms with Crippen LogP contribution in [0, 0.1) is 0 Å². The van der Waals surface area contributed by atoms with Crippen LogP contribution in [0.2, 0.25) is 0 Å². The summed E-state index contributed by atoms with van der Waals surface area (Å²) in [7, 11) is 0. The van der Waals surface area contributed by atoms with Crippen molar-refractivity contribution < 1.29 is 15.3 Å². The van der Waals surface area contributed by atoms with Crippen LogP contribution in [0.25, 0.3) is 0 Å². The second kappa shape index (κ2) is 2.22. The first-order valence-electron chi connectivity index (χ1n) is 3.01. The Balaban J connectivity index is 2.42. The zero-order valence-electron chi connectivity index (χ0n) is 5.04. The smallest absolute Gasteiger partial charge is 0.291 e. The molecule has 1 aliphatic rings. The van der Waals surface area contributed by atoms with E-state index in [9.17, 15) is 0 Å². The quantitative estimate of drug-likeness (QED) is 0.324. The van der Waals surface area contributed by atoms with E-state index < -0.39 is 12.0 Å². The summed E-state index contributed by atoms with van der Waals surface area (Å²) in [5.41, 5.74) is 0. The van der Waals surface area contributed by atoms with Gasteiger partial charge in [0.25, 0.3) is 5.97 Å². The summed E-state index contributed by atoms with van der Waals surface area (Å²) in [6.45, 7) is 0.744. The van der Waals surface area contributed by atoms with Gasteiger partial charge in [-0.3, -0.25) is 0 Å². The third-order valence-electron chi connectivity index (χ3n) is 1.53. The number of aliphatic hydroxyl groups is 3. The van der Waals surface area contributed by atoms with Gasteiger partial charge in [0.05, 0.1) is 6.04 Å². The zero-order valence-corrected chi connectivity index (χ0v) is 5.04. The highest BCUT2D eigenvalue weighted by molar-refractivity contribution is 4.79. The lowest BCUT2D eigenvalue weighted by Crippen LogP contribution is -2.47. The third-order valence-corrected chi connectivity index (χ3v) is 1.53. The Hall–Kier alpha value is -0.160. The first-order valence-corrected chi connectivity index (χ1v) is 3.01. The monoisotopic (exact) mass is 133 g/mol. The lowest BCUT2D eigenvalue weighted by Gasteiger charge is -2.21. The molecular weight excluding hydrogens is 122 g/mol. The van der Waals surface area contributed by atoms with Crippen molar-refractivity contribution in [2.24, 2.45) is 0 Å². The Morgan fingerprint density at radius 1 is 1.33 bits per heavy atom. The van der Waals surface area contributed by atoms with Gasteiger partial charge in [0, 0.05) is 0 Å². The van der Waals surface area contributed by atoms with E-state index >= 15 is 0 Å². The molecule has 1 heterocycles. The van der Waals surface area contributed by atoms with Crippen LogP contribution in [0.1, 0.15) is 12.8 Å². The maximum absolute atomic E-state index is 8.57. The van der Waals surface area contributed by atoms with E-state index in [4.69, 9.17) is 15.3 Å². The first-order chi connectivity index (χ1) is 4.11. The van der Waals surface area contributed by atoms with Crippen LogP contribution < -0.4 is 5.32 Å². The average molecular weight is 133 g/mol. The topological polar surface area (TPSA) is 72.7 Å². The predicted molar refractivity (Wildman–Crippen MR) is 30.4 cm³/mol. The third kappa shape index (κ3) is 1.62. The standard InChI is InChI=1S/C5H11NO3/c7-5(8,9)4-2-1-3-6-4/h4,6-9H,1-3H2. The van der Waals surface area contributed by atoms with Crippen molar-refractivity contribution in [3.05, 3.63) is 0 Å². The number of nitrogens with one attached hydrogen (secondary N) is 1. The molecule has 1 rings (SSSR count). The van der Waals surface area contributed by atoms with Crippen LogP contribution in [0.4, 0.5) is 0 Å². The van der Waals surface area contributed by atoms with E-state index in [-0.39, 0.29) is 0 Å². The van der Waals surface area contributed by atoms with Crippen molar-refractivity contribution in [2.45, 2.75) is 24.9 Å². The summed E-state index contributed by atoms with van der Waals surface area (Å²) in [4.78, 5) is 0. The second-order valence-corrected chi connectivity index (χ2v) is 2.34. The molecule has 0 radical (unpaired) electrons. The fourth-order valence-electron chi connectivity index (χ4n) is 1.02. The molecule has 0 saturated carbocycles. The lowest BCUT2D eigenvalue weighted by molar-refractivity contribution is -0.325. The highest BCUT2D eigenvalue weighted by Gasteiger charge is 2.33. The van der Waals surface area contributed by atoms with Crippen LogP contribution in [-0.4, -0.2) is 33.9 Å². The summed E-state index contributed by atoms with van der Waals surface area (Å²) >= 11 is 0. The van der Waals surface area contributed by atoms with Crippen LogP contribution in [0.3, 0.4) is 0 Å². The van der Waals surface area contributed by atoms with Crippen molar-refractivity contribution in [1.82, 2.24) is 5.32 Å². The molecule has 0 bridgehead atoms. The Morgan fingerprint density at radius 3 is 2.22 bits per heavy atom. The van der Waals surface area contributed by atoms with Gasteiger partial charge in [0.1, 0.15) is 0 Å². The van der Waals surface area contributed by atoms with Gasteiger partial charge in [0.2, 0.25) is 0 Å². The summed E-state index contributed by atoms with van der Waals surface area (Å²) in [5, 5.41) is 28.4. The SMILES string of the molecule is OC(O)(O)C1CCCN1. The molecule has 0 aliphatic carbocycles. The van der Waals surface area contributed by atoms with Gasteiger partial charge in [-0.25, -0.2) is 0 Å². The molecule has 1 fully saturated rings. The van der Waals surface area contributed by atoms with E-state index in [0.717, 1.165) is 13.0 Å². The van der Waals surface area contributed by atoms with Crippen LogP contribution in [0.15, 0.2) is 0 Å². The van der Waals surface area contributed by atoms with Gasteiger partial charge in [0.15, 0.2) is 0 Å². The maximum atomic E-state index is 8.57. The van der Waals surface area contributed by atoms with E-state index in [0.29, 0.717) is 6.42 Å². The van der Waals surface area contributed by atoms with Crippen molar-refractivity contribution in [1.29, 1.82) is 0 Å². The number of rotatable bonds is 1. The fraction of sp³-hybridized carbons (Fsp3) is 1.00. The Morgan fingerprint density at radius 2 is 2.00 bits per heavy atom. The minimum atomic E-state index is -2.53. The number of hydrogen-bond acceptors (Lipinski definition) is 4. The molecule has 1 unspecified atom stereocenters. The molecule has 0 aromatic rings. The zero-order chi connectivity index (χ0) is 6.91. The molecule has 0 amide bonds.